The second-order valence-corrected chi connectivity index (χ2v) is 4.14. The van der Waals surface area contributed by atoms with Crippen LogP contribution in [0.3, 0.4) is 0 Å². The minimum absolute atomic E-state index is 0.445. The Morgan fingerprint density at radius 2 is 2.12 bits per heavy atom. The van der Waals surface area contributed by atoms with Crippen molar-refractivity contribution >= 4 is 17.8 Å². The van der Waals surface area contributed by atoms with Crippen LogP contribution >= 0.6 is 11.6 Å². The molecule has 0 aliphatic rings. The number of aliphatic hydroxyl groups is 1. The van der Waals surface area contributed by atoms with Crippen LogP contribution in [0.15, 0.2) is 43.2 Å². The molecule has 0 saturated carbocycles. The molecule has 0 spiro atoms. The maximum atomic E-state index is 10.1. The maximum Gasteiger partial charge on any atom is 0.115 e. The molecule has 1 N–H and O–H groups in total. The molecule has 17 heavy (non-hydrogen) atoms. The van der Waals surface area contributed by atoms with E-state index in [9.17, 15) is 5.11 Å². The van der Waals surface area contributed by atoms with Crippen molar-refractivity contribution in [2.45, 2.75) is 12.5 Å². The molecule has 0 saturated heterocycles. The van der Waals surface area contributed by atoms with E-state index in [0.29, 0.717) is 11.4 Å². The van der Waals surface area contributed by atoms with Crippen molar-refractivity contribution in [2.75, 3.05) is 0 Å². The van der Waals surface area contributed by atoms with E-state index in [1.165, 1.54) is 0 Å². The van der Waals surface area contributed by atoms with Crippen LogP contribution in [0.5, 0.6) is 0 Å². The van der Waals surface area contributed by atoms with Crippen LogP contribution in [0.25, 0.3) is 6.20 Å². The van der Waals surface area contributed by atoms with Gasteiger partial charge >= 0.3 is 0 Å². The van der Waals surface area contributed by atoms with Crippen LogP contribution in [0, 0.1) is 0 Å². The van der Waals surface area contributed by atoms with Gasteiger partial charge in [0.25, 0.3) is 0 Å². The molecule has 0 aliphatic heterocycles. The molecule has 2 aromatic rings. The van der Waals surface area contributed by atoms with E-state index in [1.54, 1.807) is 35.3 Å². The zero-order chi connectivity index (χ0) is 12.3. The Morgan fingerprint density at radius 3 is 2.76 bits per heavy atom. The molecular formula is C13H13ClN2O. The predicted molar refractivity (Wildman–Crippen MR) is 68.7 cm³/mol. The lowest BCUT2D eigenvalue weighted by atomic mass is 10.1. The summed E-state index contributed by atoms with van der Waals surface area (Å²) in [7, 11) is 0. The quantitative estimate of drug-likeness (QED) is 0.904. The van der Waals surface area contributed by atoms with E-state index in [4.69, 9.17) is 11.6 Å². The molecule has 1 heterocycles. The van der Waals surface area contributed by atoms with Gasteiger partial charge < -0.3 is 9.67 Å². The summed E-state index contributed by atoms with van der Waals surface area (Å²) in [5, 5.41) is 10.7. The summed E-state index contributed by atoms with van der Waals surface area (Å²) in [5.74, 6) is 0.780. The third-order valence-electron chi connectivity index (χ3n) is 2.58. The van der Waals surface area contributed by atoms with E-state index in [2.05, 4.69) is 11.6 Å². The smallest absolute Gasteiger partial charge is 0.115 e. The topological polar surface area (TPSA) is 38.0 Å². The first kappa shape index (κ1) is 11.9. The van der Waals surface area contributed by atoms with Gasteiger partial charge in [0.2, 0.25) is 0 Å². The van der Waals surface area contributed by atoms with Gasteiger partial charge in [-0.1, -0.05) is 30.3 Å². The second kappa shape index (κ2) is 5.17. The Hall–Kier alpha value is -1.58. The zero-order valence-corrected chi connectivity index (χ0v) is 10.0. The Kier molecular flexibility index (Phi) is 3.61. The Balaban J connectivity index is 2.14. The van der Waals surface area contributed by atoms with Gasteiger partial charge in [0.15, 0.2) is 0 Å². The molecule has 0 radical (unpaired) electrons. The van der Waals surface area contributed by atoms with Crippen LogP contribution < -0.4 is 0 Å². The first-order chi connectivity index (χ1) is 8.20. The van der Waals surface area contributed by atoms with Crippen LogP contribution in [-0.2, 0) is 6.42 Å². The van der Waals surface area contributed by atoms with Gasteiger partial charge in [-0.15, -0.1) is 0 Å². The Morgan fingerprint density at radius 1 is 1.41 bits per heavy atom. The maximum absolute atomic E-state index is 10.1. The van der Waals surface area contributed by atoms with E-state index in [1.807, 2.05) is 12.1 Å². The minimum Gasteiger partial charge on any atom is -0.388 e. The molecule has 3 nitrogen and oxygen atoms in total. The van der Waals surface area contributed by atoms with Gasteiger partial charge in [-0.25, -0.2) is 4.98 Å². The molecule has 4 heteroatoms. The molecule has 2 rings (SSSR count). The number of benzene rings is 1. The number of hydrogen-bond acceptors (Lipinski definition) is 2. The average Bonchev–Trinajstić information content (AvgIpc) is 2.77. The molecule has 1 atom stereocenters. The number of nitrogens with zero attached hydrogens (tertiary/aromatic N) is 2. The SMILES string of the molecule is C=Cn1ccnc1CC(O)c1ccc(Cl)cc1. The van der Waals surface area contributed by atoms with Crippen molar-refractivity contribution in [3.63, 3.8) is 0 Å². The highest BCUT2D eigenvalue weighted by Gasteiger charge is 2.11. The van der Waals surface area contributed by atoms with Gasteiger partial charge in [0, 0.05) is 30.0 Å². The fourth-order valence-corrected chi connectivity index (χ4v) is 1.77. The van der Waals surface area contributed by atoms with Crippen molar-refractivity contribution in [1.29, 1.82) is 0 Å². The lowest BCUT2D eigenvalue weighted by molar-refractivity contribution is 0.175. The van der Waals surface area contributed by atoms with Crippen LogP contribution in [-0.4, -0.2) is 14.7 Å². The molecule has 88 valence electrons. The molecule has 1 aromatic heterocycles. The van der Waals surface area contributed by atoms with E-state index < -0.39 is 6.10 Å². The normalized spacial score (nSPS) is 12.4. The van der Waals surface area contributed by atoms with Crippen LogP contribution in [0.2, 0.25) is 5.02 Å². The minimum atomic E-state index is -0.589. The second-order valence-electron chi connectivity index (χ2n) is 3.70. The zero-order valence-electron chi connectivity index (χ0n) is 9.25. The fraction of sp³-hybridized carbons (Fsp3) is 0.154. The van der Waals surface area contributed by atoms with Crippen molar-refractivity contribution in [3.05, 3.63) is 59.6 Å². The lowest BCUT2D eigenvalue weighted by Crippen LogP contribution is -2.05. The monoisotopic (exact) mass is 248 g/mol. The van der Waals surface area contributed by atoms with Gasteiger partial charge in [0.1, 0.15) is 5.82 Å². The summed E-state index contributed by atoms with van der Waals surface area (Å²) in [6, 6.07) is 7.16. The number of rotatable bonds is 4. The van der Waals surface area contributed by atoms with Crippen molar-refractivity contribution < 1.29 is 5.11 Å². The first-order valence-corrected chi connectivity index (χ1v) is 5.66. The van der Waals surface area contributed by atoms with Crippen molar-refractivity contribution in [3.8, 4) is 0 Å². The van der Waals surface area contributed by atoms with Crippen LogP contribution in [0.1, 0.15) is 17.5 Å². The molecule has 0 fully saturated rings. The Bertz CT molecular complexity index is 504. The van der Waals surface area contributed by atoms with Gasteiger partial charge in [-0.3, -0.25) is 0 Å². The molecular weight excluding hydrogens is 236 g/mol. The summed E-state index contributed by atoms with van der Waals surface area (Å²) < 4.78 is 1.79. The summed E-state index contributed by atoms with van der Waals surface area (Å²) in [6.45, 7) is 3.68. The molecule has 0 aliphatic carbocycles. The highest BCUT2D eigenvalue weighted by Crippen LogP contribution is 2.19. The number of hydrogen-bond donors (Lipinski definition) is 1. The number of imidazole rings is 1. The highest BCUT2D eigenvalue weighted by molar-refractivity contribution is 6.30. The van der Waals surface area contributed by atoms with Crippen molar-refractivity contribution in [2.24, 2.45) is 0 Å². The third kappa shape index (κ3) is 2.75. The number of aromatic nitrogens is 2. The largest absolute Gasteiger partial charge is 0.388 e. The fourth-order valence-electron chi connectivity index (χ4n) is 1.64. The Labute approximate surface area is 105 Å². The number of aliphatic hydroxyl groups excluding tert-OH is 1. The first-order valence-electron chi connectivity index (χ1n) is 5.28. The summed E-state index contributed by atoms with van der Waals surface area (Å²) in [5.41, 5.74) is 0.827. The molecule has 1 unspecified atom stereocenters. The molecule has 0 amide bonds. The van der Waals surface area contributed by atoms with E-state index in [0.717, 1.165) is 11.4 Å². The third-order valence-corrected chi connectivity index (χ3v) is 2.83. The summed E-state index contributed by atoms with van der Waals surface area (Å²) in [4.78, 5) is 4.18. The predicted octanol–water partition coefficient (Wildman–Crippen LogP) is 2.91. The standard InChI is InChI=1S/C13H13ClN2O/c1-2-16-8-7-15-13(16)9-12(17)10-3-5-11(14)6-4-10/h2-8,12,17H,1,9H2. The lowest BCUT2D eigenvalue weighted by Gasteiger charge is -2.10. The van der Waals surface area contributed by atoms with Gasteiger partial charge in [0.05, 0.1) is 6.10 Å². The van der Waals surface area contributed by atoms with Crippen LogP contribution in [0.4, 0.5) is 0 Å². The van der Waals surface area contributed by atoms with Gasteiger partial charge in [-0.2, -0.15) is 0 Å². The highest BCUT2D eigenvalue weighted by atomic mass is 35.5. The average molecular weight is 249 g/mol. The van der Waals surface area contributed by atoms with E-state index >= 15 is 0 Å². The molecule has 1 aromatic carbocycles. The van der Waals surface area contributed by atoms with Crippen molar-refractivity contribution in [1.82, 2.24) is 9.55 Å². The molecule has 0 bridgehead atoms. The van der Waals surface area contributed by atoms with Gasteiger partial charge in [-0.05, 0) is 17.7 Å². The number of halogens is 1. The summed E-state index contributed by atoms with van der Waals surface area (Å²) >= 11 is 5.80. The summed E-state index contributed by atoms with van der Waals surface area (Å²) in [6.07, 6.45) is 5.01. The van der Waals surface area contributed by atoms with E-state index in [-0.39, 0.29) is 0 Å².